The Bertz CT molecular complexity index is 1590. The van der Waals surface area contributed by atoms with Gasteiger partial charge in [-0.15, -0.1) is 0 Å². The molecule has 0 saturated carbocycles. The van der Waals surface area contributed by atoms with Gasteiger partial charge < -0.3 is 30.8 Å². The molecular weight excluding hydrogens is 548 g/mol. The molecular formula is C33H38N4O6. The first-order chi connectivity index (χ1) is 20.4. The number of hydrogen-bond acceptors (Lipinski definition) is 4. The normalized spacial score (nSPS) is 19.6. The van der Waals surface area contributed by atoms with E-state index in [1.165, 1.54) is 6.08 Å². The Morgan fingerprint density at radius 3 is 1.81 bits per heavy atom. The second-order valence-electron chi connectivity index (χ2n) is 11.0. The van der Waals surface area contributed by atoms with Gasteiger partial charge in [0.2, 0.25) is 5.91 Å². The third-order valence-corrected chi connectivity index (χ3v) is 8.37. The Kier molecular flexibility index (Phi) is 9.08. The van der Waals surface area contributed by atoms with Gasteiger partial charge in [0.1, 0.15) is 0 Å². The maximum atomic E-state index is 12.3. The number of allylic oxidation sites excluding steroid dienone is 3. The van der Waals surface area contributed by atoms with Gasteiger partial charge in [-0.3, -0.25) is 19.2 Å². The fourth-order valence-electron chi connectivity index (χ4n) is 5.84. The number of carbonyl (C=O) groups excluding carboxylic acids is 2. The monoisotopic (exact) mass is 586 g/mol. The summed E-state index contributed by atoms with van der Waals surface area (Å²) >= 11 is 0. The van der Waals surface area contributed by atoms with E-state index in [0.717, 1.165) is 56.2 Å². The number of hydrogen-bond donors (Lipinski definition) is 6. The zero-order valence-electron chi connectivity index (χ0n) is 25.2. The molecule has 0 unspecified atom stereocenters. The van der Waals surface area contributed by atoms with Crippen LogP contribution in [-0.2, 0) is 38.4 Å². The SMILES string of the molecule is C=CC1=C(C)/C(=C\c2[nH]c(Cc3[nH]c(/C=C4\NC(=O)[C@@H](C)\C4=C/C)c(C)c3CCC(=O)O)c(CCC(=O)O)c2C)NC1=O. The van der Waals surface area contributed by atoms with Crippen LogP contribution in [0.25, 0.3) is 12.2 Å². The molecule has 43 heavy (non-hydrogen) atoms. The average Bonchev–Trinajstić information content (AvgIpc) is 3.59. The molecule has 4 heterocycles. The van der Waals surface area contributed by atoms with E-state index < -0.39 is 11.9 Å². The fraction of sp³-hybridized carbons (Fsp3) is 0.333. The van der Waals surface area contributed by atoms with Crippen molar-refractivity contribution in [1.29, 1.82) is 0 Å². The molecule has 2 aromatic heterocycles. The molecule has 0 spiro atoms. The smallest absolute Gasteiger partial charge is 0.303 e. The fourth-order valence-corrected chi connectivity index (χ4v) is 5.84. The lowest BCUT2D eigenvalue weighted by Crippen LogP contribution is -2.16. The van der Waals surface area contributed by atoms with Gasteiger partial charge in [0.15, 0.2) is 0 Å². The van der Waals surface area contributed by atoms with Crippen molar-refractivity contribution in [2.75, 3.05) is 0 Å². The summed E-state index contributed by atoms with van der Waals surface area (Å²) in [6, 6.07) is 0. The van der Waals surface area contributed by atoms with Crippen LogP contribution < -0.4 is 10.6 Å². The number of aromatic amines is 2. The predicted molar refractivity (Wildman–Crippen MR) is 164 cm³/mol. The average molecular weight is 587 g/mol. The molecule has 0 aliphatic carbocycles. The first kappa shape index (κ1) is 31.1. The molecule has 6 N–H and O–H groups in total. The number of aliphatic carboxylic acids is 2. The van der Waals surface area contributed by atoms with Gasteiger partial charge in [-0.05, 0) is 93.0 Å². The molecule has 2 aliphatic heterocycles. The highest BCUT2D eigenvalue weighted by Gasteiger charge is 2.29. The summed E-state index contributed by atoms with van der Waals surface area (Å²) in [6.45, 7) is 13.1. The van der Waals surface area contributed by atoms with Crippen LogP contribution in [0.5, 0.6) is 0 Å². The summed E-state index contributed by atoms with van der Waals surface area (Å²) in [5.41, 5.74) is 10.1. The number of carbonyl (C=O) groups is 4. The second-order valence-corrected chi connectivity index (χ2v) is 11.0. The summed E-state index contributed by atoms with van der Waals surface area (Å²) in [4.78, 5) is 54.6. The number of aromatic nitrogens is 2. The number of nitrogens with one attached hydrogen (secondary N) is 4. The van der Waals surface area contributed by atoms with E-state index in [-0.39, 0.29) is 30.6 Å². The summed E-state index contributed by atoms with van der Waals surface area (Å²) in [7, 11) is 0. The van der Waals surface area contributed by atoms with Crippen LogP contribution in [0, 0.1) is 19.8 Å². The number of rotatable bonds is 11. The summed E-state index contributed by atoms with van der Waals surface area (Å²) in [5, 5.41) is 24.7. The molecule has 1 fully saturated rings. The van der Waals surface area contributed by atoms with Crippen LogP contribution >= 0.6 is 0 Å². The predicted octanol–water partition coefficient (Wildman–Crippen LogP) is 4.61. The number of carboxylic acid groups (broad SMARTS) is 2. The molecule has 10 nitrogen and oxygen atoms in total. The molecule has 2 amide bonds. The molecule has 0 radical (unpaired) electrons. The van der Waals surface area contributed by atoms with E-state index in [1.54, 1.807) is 0 Å². The lowest BCUT2D eigenvalue weighted by atomic mass is 9.98. The molecule has 0 aromatic carbocycles. The third-order valence-electron chi connectivity index (χ3n) is 8.37. The van der Waals surface area contributed by atoms with Crippen molar-refractivity contribution in [3.8, 4) is 0 Å². The van der Waals surface area contributed by atoms with Crippen LogP contribution in [-0.4, -0.2) is 43.9 Å². The van der Waals surface area contributed by atoms with Crippen LogP contribution in [0.15, 0.2) is 46.8 Å². The second kappa shape index (κ2) is 12.6. The minimum Gasteiger partial charge on any atom is -0.481 e. The minimum atomic E-state index is -0.914. The Hall–Kier alpha value is -4.86. The van der Waals surface area contributed by atoms with E-state index in [9.17, 15) is 29.4 Å². The Balaban J connectivity index is 1.80. The maximum absolute atomic E-state index is 12.3. The van der Waals surface area contributed by atoms with E-state index in [1.807, 2.05) is 52.8 Å². The number of carboxylic acids is 2. The molecule has 2 aliphatic rings. The van der Waals surface area contributed by atoms with Crippen LogP contribution in [0.2, 0.25) is 0 Å². The zero-order valence-corrected chi connectivity index (χ0v) is 25.2. The van der Waals surface area contributed by atoms with E-state index in [0.29, 0.717) is 36.2 Å². The van der Waals surface area contributed by atoms with Crippen LogP contribution in [0.1, 0.15) is 78.6 Å². The topological polar surface area (TPSA) is 164 Å². The minimum absolute atomic E-state index is 0.0560. The lowest BCUT2D eigenvalue weighted by molar-refractivity contribution is -0.138. The zero-order chi connectivity index (χ0) is 31.6. The van der Waals surface area contributed by atoms with Crippen molar-refractivity contribution in [1.82, 2.24) is 20.6 Å². The first-order valence-electron chi connectivity index (χ1n) is 14.3. The first-order valence-corrected chi connectivity index (χ1v) is 14.3. The summed E-state index contributed by atoms with van der Waals surface area (Å²) < 4.78 is 0. The van der Waals surface area contributed by atoms with E-state index >= 15 is 0 Å². The standard InChI is InChI=1S/C33H38N4O6/c1-7-20-19(6)32(42)37-27(20)14-25-18(5)23(10-12-31(40)41)29(35-25)15-28-22(9-11-30(38)39)17(4)24(34-28)13-26-16(3)21(8-2)33(43)36-26/h7-8,13-14,19,34-35H,2,9-12,15H2,1,3-6H3,(H,36,43)(H,37,42)(H,38,39)(H,40,41)/b20-7+,26-13+,27-14-/t19-/m0/s1. The molecule has 10 heteroatoms. The molecule has 0 bridgehead atoms. The van der Waals surface area contributed by atoms with Gasteiger partial charge in [0, 0.05) is 59.0 Å². The summed E-state index contributed by atoms with van der Waals surface area (Å²) in [5.74, 6) is -2.40. The van der Waals surface area contributed by atoms with Gasteiger partial charge in [0.05, 0.1) is 5.92 Å². The van der Waals surface area contributed by atoms with Gasteiger partial charge in [-0.2, -0.15) is 0 Å². The Morgan fingerprint density at radius 2 is 1.37 bits per heavy atom. The Labute approximate surface area is 250 Å². The van der Waals surface area contributed by atoms with E-state index in [2.05, 4.69) is 27.2 Å². The highest BCUT2D eigenvalue weighted by molar-refractivity contribution is 6.03. The highest BCUT2D eigenvalue weighted by atomic mass is 16.4. The van der Waals surface area contributed by atoms with Crippen molar-refractivity contribution in [3.05, 3.63) is 91.9 Å². The van der Waals surface area contributed by atoms with Crippen molar-refractivity contribution >= 4 is 35.9 Å². The summed E-state index contributed by atoms with van der Waals surface area (Å²) in [6.07, 6.45) is 8.01. The van der Waals surface area contributed by atoms with Crippen LogP contribution in [0.3, 0.4) is 0 Å². The van der Waals surface area contributed by atoms with Gasteiger partial charge >= 0.3 is 11.9 Å². The molecule has 2 aromatic rings. The van der Waals surface area contributed by atoms with Crippen molar-refractivity contribution in [2.24, 2.45) is 5.92 Å². The van der Waals surface area contributed by atoms with Gasteiger partial charge in [0.25, 0.3) is 5.91 Å². The van der Waals surface area contributed by atoms with Crippen LogP contribution in [0.4, 0.5) is 0 Å². The number of amides is 2. The Morgan fingerprint density at radius 1 is 0.860 bits per heavy atom. The van der Waals surface area contributed by atoms with Crippen molar-refractivity contribution in [3.63, 3.8) is 0 Å². The van der Waals surface area contributed by atoms with Crippen molar-refractivity contribution in [2.45, 2.75) is 66.7 Å². The van der Waals surface area contributed by atoms with Crippen molar-refractivity contribution < 1.29 is 29.4 Å². The largest absolute Gasteiger partial charge is 0.481 e. The van der Waals surface area contributed by atoms with E-state index in [4.69, 9.17) is 0 Å². The lowest BCUT2D eigenvalue weighted by Gasteiger charge is -2.07. The molecule has 1 atom stereocenters. The maximum Gasteiger partial charge on any atom is 0.303 e. The van der Waals surface area contributed by atoms with Gasteiger partial charge in [-0.25, -0.2) is 0 Å². The molecule has 4 rings (SSSR count). The molecule has 226 valence electrons. The third kappa shape index (κ3) is 6.33. The van der Waals surface area contributed by atoms with Gasteiger partial charge in [-0.1, -0.05) is 18.7 Å². The molecule has 1 saturated heterocycles. The number of H-pyrrole nitrogens is 2. The quantitative estimate of drug-likeness (QED) is 0.225. The highest BCUT2D eigenvalue weighted by Crippen LogP contribution is 2.32.